The van der Waals surface area contributed by atoms with Gasteiger partial charge in [0.15, 0.2) is 0 Å². The summed E-state index contributed by atoms with van der Waals surface area (Å²) >= 11 is 3.49. The van der Waals surface area contributed by atoms with Crippen molar-refractivity contribution in [3.8, 4) is 5.75 Å². The first-order valence-corrected chi connectivity index (χ1v) is 13.6. The summed E-state index contributed by atoms with van der Waals surface area (Å²) in [6.45, 7) is 8.92. The molecule has 198 valence electrons. The van der Waals surface area contributed by atoms with E-state index in [0.29, 0.717) is 36.9 Å². The molecule has 1 saturated heterocycles. The summed E-state index contributed by atoms with van der Waals surface area (Å²) in [6, 6.07) is 11.7. The number of aromatic nitrogens is 2. The Bertz CT molecular complexity index is 1190. The molecular formula is C27H35BrN6O3. The standard InChI is InChI=1S/C27H35BrN6O3/c1-2-36-26(35)8-4-9-33-11-13-34(14-12-33)10-5-15-37-25-18-24-22(17-23(25)29)27(31-19-30-24)32-21-7-3-6-20(28)16-21/h3,6-7,16-19H,2,4-5,8-15,29H2,1H3,(H,30,31,32). The maximum Gasteiger partial charge on any atom is 0.305 e. The second-order valence-corrected chi connectivity index (χ2v) is 9.97. The van der Waals surface area contributed by atoms with Crippen molar-refractivity contribution in [1.82, 2.24) is 19.8 Å². The number of benzene rings is 2. The number of halogens is 1. The third-order valence-electron chi connectivity index (χ3n) is 6.36. The van der Waals surface area contributed by atoms with Gasteiger partial charge in [-0.2, -0.15) is 0 Å². The molecule has 0 spiro atoms. The zero-order chi connectivity index (χ0) is 26.0. The summed E-state index contributed by atoms with van der Waals surface area (Å²) in [7, 11) is 0. The number of nitrogen functional groups attached to an aromatic ring is 1. The van der Waals surface area contributed by atoms with Crippen LogP contribution in [0.4, 0.5) is 17.2 Å². The van der Waals surface area contributed by atoms with Crippen molar-refractivity contribution in [2.75, 3.05) is 63.5 Å². The van der Waals surface area contributed by atoms with Crippen LogP contribution in [0.15, 0.2) is 47.2 Å². The molecule has 0 saturated carbocycles. The van der Waals surface area contributed by atoms with Gasteiger partial charge in [0.25, 0.3) is 0 Å². The van der Waals surface area contributed by atoms with Crippen LogP contribution in [0.3, 0.4) is 0 Å². The van der Waals surface area contributed by atoms with E-state index in [1.807, 2.05) is 43.3 Å². The van der Waals surface area contributed by atoms with E-state index in [0.717, 1.165) is 73.2 Å². The molecule has 0 unspecified atom stereocenters. The van der Waals surface area contributed by atoms with Gasteiger partial charge in [0.1, 0.15) is 17.9 Å². The van der Waals surface area contributed by atoms with Crippen molar-refractivity contribution in [3.63, 3.8) is 0 Å². The fraction of sp³-hybridized carbons (Fsp3) is 0.444. The van der Waals surface area contributed by atoms with Crippen molar-refractivity contribution < 1.29 is 14.3 Å². The molecule has 0 aliphatic carbocycles. The van der Waals surface area contributed by atoms with Crippen LogP contribution in [-0.2, 0) is 9.53 Å². The van der Waals surface area contributed by atoms with E-state index in [9.17, 15) is 4.79 Å². The molecule has 10 heteroatoms. The van der Waals surface area contributed by atoms with E-state index in [2.05, 4.69) is 41.0 Å². The fourth-order valence-corrected chi connectivity index (χ4v) is 4.81. The topological polar surface area (TPSA) is 106 Å². The molecule has 1 fully saturated rings. The molecule has 1 aliphatic heterocycles. The summed E-state index contributed by atoms with van der Waals surface area (Å²) < 4.78 is 12.0. The number of carbonyl (C=O) groups excluding carboxylic acids is 1. The third kappa shape index (κ3) is 8.02. The van der Waals surface area contributed by atoms with E-state index < -0.39 is 0 Å². The molecule has 2 heterocycles. The highest BCUT2D eigenvalue weighted by Gasteiger charge is 2.17. The van der Waals surface area contributed by atoms with Gasteiger partial charge in [-0.25, -0.2) is 9.97 Å². The van der Waals surface area contributed by atoms with E-state index in [-0.39, 0.29) is 5.97 Å². The second kappa shape index (κ2) is 13.6. The Morgan fingerprint density at radius 1 is 1.08 bits per heavy atom. The highest BCUT2D eigenvalue weighted by Crippen LogP contribution is 2.31. The van der Waals surface area contributed by atoms with Gasteiger partial charge in [-0.15, -0.1) is 0 Å². The lowest BCUT2D eigenvalue weighted by Gasteiger charge is -2.34. The first kappa shape index (κ1) is 27.1. The van der Waals surface area contributed by atoms with Crippen LogP contribution < -0.4 is 15.8 Å². The van der Waals surface area contributed by atoms with Crippen LogP contribution in [-0.4, -0.2) is 78.2 Å². The molecule has 1 aromatic heterocycles. The van der Waals surface area contributed by atoms with Crippen molar-refractivity contribution in [1.29, 1.82) is 0 Å². The van der Waals surface area contributed by atoms with Crippen molar-refractivity contribution in [2.24, 2.45) is 0 Å². The van der Waals surface area contributed by atoms with E-state index in [1.54, 1.807) is 6.33 Å². The number of hydrogen-bond acceptors (Lipinski definition) is 9. The Hall–Kier alpha value is -2.95. The van der Waals surface area contributed by atoms with E-state index in [1.165, 1.54) is 0 Å². The molecule has 2 aromatic carbocycles. The SMILES string of the molecule is CCOC(=O)CCCN1CCN(CCCOc2cc3ncnc(Nc4cccc(Br)c4)c3cc2N)CC1. The predicted molar refractivity (Wildman–Crippen MR) is 150 cm³/mol. The smallest absolute Gasteiger partial charge is 0.305 e. The Morgan fingerprint density at radius 3 is 2.57 bits per heavy atom. The first-order chi connectivity index (χ1) is 18.0. The van der Waals surface area contributed by atoms with E-state index >= 15 is 0 Å². The lowest BCUT2D eigenvalue weighted by molar-refractivity contribution is -0.143. The predicted octanol–water partition coefficient (Wildman–Crippen LogP) is 4.45. The largest absolute Gasteiger partial charge is 0.491 e. The van der Waals surface area contributed by atoms with Crippen molar-refractivity contribution in [2.45, 2.75) is 26.2 Å². The molecule has 9 nitrogen and oxygen atoms in total. The second-order valence-electron chi connectivity index (χ2n) is 9.06. The molecule has 0 atom stereocenters. The summed E-state index contributed by atoms with van der Waals surface area (Å²) in [5.74, 6) is 1.24. The summed E-state index contributed by atoms with van der Waals surface area (Å²) in [5.41, 5.74) is 8.59. The molecule has 37 heavy (non-hydrogen) atoms. The zero-order valence-corrected chi connectivity index (χ0v) is 22.9. The number of nitrogens with zero attached hydrogens (tertiary/aromatic N) is 4. The number of carbonyl (C=O) groups is 1. The number of ether oxygens (including phenoxy) is 2. The minimum atomic E-state index is -0.0988. The Kier molecular flexibility index (Phi) is 9.92. The van der Waals surface area contributed by atoms with Crippen LogP contribution >= 0.6 is 15.9 Å². The van der Waals surface area contributed by atoms with Crippen LogP contribution in [0.2, 0.25) is 0 Å². The number of esters is 1. The number of fused-ring (bicyclic) bond motifs is 1. The normalized spacial score (nSPS) is 14.5. The van der Waals surface area contributed by atoms with Crippen molar-refractivity contribution in [3.05, 3.63) is 47.2 Å². The highest BCUT2D eigenvalue weighted by atomic mass is 79.9. The summed E-state index contributed by atoms with van der Waals surface area (Å²) in [5, 5.41) is 4.18. The van der Waals surface area contributed by atoms with Gasteiger partial charge >= 0.3 is 5.97 Å². The number of nitrogens with one attached hydrogen (secondary N) is 1. The zero-order valence-electron chi connectivity index (χ0n) is 21.3. The van der Waals surface area contributed by atoms with Crippen LogP contribution in [0, 0.1) is 0 Å². The average Bonchev–Trinajstić information content (AvgIpc) is 2.88. The van der Waals surface area contributed by atoms with Crippen LogP contribution in [0.5, 0.6) is 5.75 Å². The quantitative estimate of drug-likeness (QED) is 0.185. The molecule has 3 aromatic rings. The number of hydrogen-bond donors (Lipinski definition) is 2. The lowest BCUT2D eigenvalue weighted by Crippen LogP contribution is -2.47. The molecule has 4 rings (SSSR count). The maximum absolute atomic E-state index is 11.5. The number of nitrogens with two attached hydrogens (primary N) is 1. The lowest BCUT2D eigenvalue weighted by atomic mass is 10.2. The maximum atomic E-state index is 11.5. The molecule has 0 bridgehead atoms. The molecule has 1 aliphatic rings. The summed E-state index contributed by atoms with van der Waals surface area (Å²) in [6.07, 6.45) is 3.81. The van der Waals surface area contributed by atoms with Crippen LogP contribution in [0.1, 0.15) is 26.2 Å². The monoisotopic (exact) mass is 570 g/mol. The molecular weight excluding hydrogens is 536 g/mol. The molecule has 0 amide bonds. The van der Waals surface area contributed by atoms with Gasteiger partial charge in [0.05, 0.1) is 24.4 Å². The van der Waals surface area contributed by atoms with Gasteiger partial charge < -0.3 is 30.3 Å². The Labute approximate surface area is 226 Å². The van der Waals surface area contributed by atoms with Gasteiger partial charge in [0.2, 0.25) is 0 Å². The number of piperazine rings is 1. The highest BCUT2D eigenvalue weighted by molar-refractivity contribution is 9.10. The van der Waals surface area contributed by atoms with Crippen molar-refractivity contribution >= 4 is 50.0 Å². The third-order valence-corrected chi connectivity index (χ3v) is 6.85. The number of rotatable bonds is 12. The van der Waals surface area contributed by atoms with Crippen LogP contribution in [0.25, 0.3) is 10.9 Å². The minimum Gasteiger partial charge on any atom is -0.491 e. The Balaban J connectivity index is 1.22. The summed E-state index contributed by atoms with van der Waals surface area (Å²) in [4.78, 5) is 25.2. The van der Waals surface area contributed by atoms with Gasteiger partial charge in [-0.05, 0) is 50.6 Å². The van der Waals surface area contributed by atoms with Gasteiger partial charge in [0, 0.05) is 60.8 Å². The molecule has 3 N–H and O–H groups in total. The minimum absolute atomic E-state index is 0.0988. The van der Waals surface area contributed by atoms with Gasteiger partial charge in [-0.1, -0.05) is 22.0 Å². The first-order valence-electron chi connectivity index (χ1n) is 12.8. The molecule has 0 radical (unpaired) electrons. The average molecular weight is 572 g/mol. The fourth-order valence-electron chi connectivity index (χ4n) is 4.42. The van der Waals surface area contributed by atoms with Gasteiger partial charge in [-0.3, -0.25) is 4.79 Å². The van der Waals surface area contributed by atoms with E-state index in [4.69, 9.17) is 15.2 Å². The number of anilines is 3. The Morgan fingerprint density at radius 2 is 1.84 bits per heavy atom.